The maximum absolute atomic E-state index is 13.2. The summed E-state index contributed by atoms with van der Waals surface area (Å²) in [5.41, 5.74) is 3.13. The second-order valence-electron chi connectivity index (χ2n) is 7.35. The zero-order chi connectivity index (χ0) is 22.1. The van der Waals surface area contributed by atoms with E-state index in [2.05, 4.69) is 10.6 Å². The van der Waals surface area contributed by atoms with E-state index in [1.54, 1.807) is 38.1 Å². The molecule has 2 amide bonds. The number of esters is 1. The van der Waals surface area contributed by atoms with Gasteiger partial charge in [0.15, 0.2) is 9.84 Å². The van der Waals surface area contributed by atoms with Gasteiger partial charge in [0.05, 0.1) is 29.4 Å². The average Bonchev–Trinajstić information content (AvgIpc) is 2.69. The summed E-state index contributed by atoms with van der Waals surface area (Å²) in [6, 6.07) is 11.0. The SMILES string of the molecule is COC(=O)C1=C(CS(=O)(=O)c2cc(C)ccc2C)NC(=O)N[C@@H]1c1ccc(C)cc1. The first-order valence-corrected chi connectivity index (χ1v) is 11.0. The molecule has 0 saturated carbocycles. The summed E-state index contributed by atoms with van der Waals surface area (Å²) in [6.07, 6.45) is 0. The molecule has 0 aliphatic carbocycles. The smallest absolute Gasteiger partial charge is 0.338 e. The van der Waals surface area contributed by atoms with E-state index in [1.165, 1.54) is 7.11 Å². The van der Waals surface area contributed by atoms with Gasteiger partial charge in [0.25, 0.3) is 0 Å². The van der Waals surface area contributed by atoms with Crippen molar-refractivity contribution in [2.24, 2.45) is 0 Å². The van der Waals surface area contributed by atoms with E-state index >= 15 is 0 Å². The Labute approximate surface area is 176 Å². The van der Waals surface area contributed by atoms with Crippen LogP contribution in [0, 0.1) is 20.8 Å². The second-order valence-corrected chi connectivity index (χ2v) is 9.31. The number of carbonyl (C=O) groups is 2. The van der Waals surface area contributed by atoms with Crippen LogP contribution in [0.15, 0.2) is 58.6 Å². The van der Waals surface area contributed by atoms with Crippen molar-refractivity contribution in [1.82, 2.24) is 10.6 Å². The molecule has 0 fully saturated rings. The molecule has 2 N–H and O–H groups in total. The number of amides is 2. The third kappa shape index (κ3) is 4.38. The van der Waals surface area contributed by atoms with Crippen molar-refractivity contribution < 1.29 is 22.7 Å². The van der Waals surface area contributed by atoms with Crippen LogP contribution in [0.2, 0.25) is 0 Å². The quantitative estimate of drug-likeness (QED) is 0.713. The molecule has 1 atom stereocenters. The fourth-order valence-electron chi connectivity index (χ4n) is 3.40. The molecular formula is C22H24N2O5S. The Balaban J connectivity index is 2.12. The third-order valence-corrected chi connectivity index (χ3v) is 6.76. The van der Waals surface area contributed by atoms with Gasteiger partial charge < -0.3 is 15.4 Å². The maximum Gasteiger partial charge on any atom is 0.338 e. The summed E-state index contributed by atoms with van der Waals surface area (Å²) < 4.78 is 31.2. The number of nitrogens with one attached hydrogen (secondary N) is 2. The molecule has 2 aromatic rings. The molecular weight excluding hydrogens is 404 g/mol. The molecule has 7 nitrogen and oxygen atoms in total. The van der Waals surface area contributed by atoms with Gasteiger partial charge in [0.2, 0.25) is 0 Å². The number of benzene rings is 2. The fraction of sp³-hybridized carbons (Fsp3) is 0.273. The number of methoxy groups -OCH3 is 1. The highest BCUT2D eigenvalue weighted by atomic mass is 32.2. The van der Waals surface area contributed by atoms with Crippen molar-refractivity contribution in [3.8, 4) is 0 Å². The van der Waals surface area contributed by atoms with Gasteiger partial charge in [-0.05, 0) is 43.5 Å². The lowest BCUT2D eigenvalue weighted by molar-refractivity contribution is -0.136. The van der Waals surface area contributed by atoms with Crippen LogP contribution in [0.3, 0.4) is 0 Å². The van der Waals surface area contributed by atoms with E-state index in [-0.39, 0.29) is 16.2 Å². The van der Waals surface area contributed by atoms with Crippen LogP contribution in [-0.4, -0.2) is 33.3 Å². The number of ether oxygens (including phenoxy) is 1. The minimum atomic E-state index is -3.83. The van der Waals surface area contributed by atoms with Crippen molar-refractivity contribution in [3.05, 3.63) is 76.0 Å². The molecule has 1 heterocycles. The number of hydrogen-bond acceptors (Lipinski definition) is 5. The van der Waals surface area contributed by atoms with Crippen LogP contribution in [0.5, 0.6) is 0 Å². The normalized spacial score (nSPS) is 16.7. The minimum Gasteiger partial charge on any atom is -0.466 e. The highest BCUT2D eigenvalue weighted by Crippen LogP contribution is 2.30. The molecule has 0 aromatic heterocycles. The van der Waals surface area contributed by atoms with Crippen LogP contribution < -0.4 is 10.6 Å². The van der Waals surface area contributed by atoms with Gasteiger partial charge in [-0.15, -0.1) is 0 Å². The van der Waals surface area contributed by atoms with Crippen LogP contribution in [0.1, 0.15) is 28.3 Å². The molecule has 0 unspecified atom stereocenters. The van der Waals surface area contributed by atoms with Gasteiger partial charge >= 0.3 is 12.0 Å². The summed E-state index contributed by atoms with van der Waals surface area (Å²) in [5.74, 6) is -1.24. The highest BCUT2D eigenvalue weighted by molar-refractivity contribution is 7.91. The first-order valence-electron chi connectivity index (χ1n) is 9.38. The first kappa shape index (κ1) is 21.6. The molecule has 0 bridgehead atoms. The monoisotopic (exact) mass is 428 g/mol. The second kappa shape index (κ2) is 8.31. The summed E-state index contributed by atoms with van der Waals surface area (Å²) in [4.78, 5) is 25.1. The van der Waals surface area contributed by atoms with Crippen molar-refractivity contribution in [1.29, 1.82) is 0 Å². The van der Waals surface area contributed by atoms with Crippen LogP contribution in [0.4, 0.5) is 4.79 Å². The van der Waals surface area contributed by atoms with Gasteiger partial charge in [-0.3, -0.25) is 0 Å². The number of rotatable bonds is 5. The zero-order valence-electron chi connectivity index (χ0n) is 17.3. The topological polar surface area (TPSA) is 102 Å². The van der Waals surface area contributed by atoms with Crippen molar-refractivity contribution in [2.75, 3.05) is 12.9 Å². The predicted molar refractivity (Wildman–Crippen MR) is 113 cm³/mol. The van der Waals surface area contributed by atoms with Gasteiger partial charge in [-0.25, -0.2) is 18.0 Å². The van der Waals surface area contributed by atoms with Crippen molar-refractivity contribution >= 4 is 21.8 Å². The van der Waals surface area contributed by atoms with E-state index in [9.17, 15) is 18.0 Å². The summed E-state index contributed by atoms with van der Waals surface area (Å²) in [5, 5.41) is 5.19. The van der Waals surface area contributed by atoms with Gasteiger partial charge in [-0.2, -0.15) is 0 Å². The Hall–Kier alpha value is -3.13. The van der Waals surface area contributed by atoms with Crippen molar-refractivity contribution in [3.63, 3.8) is 0 Å². The number of aryl methyl sites for hydroxylation is 3. The molecule has 0 spiro atoms. The Bertz CT molecular complexity index is 1130. The van der Waals surface area contributed by atoms with Crippen LogP contribution in [0.25, 0.3) is 0 Å². The predicted octanol–water partition coefficient (Wildman–Crippen LogP) is 2.87. The number of urea groups is 1. The van der Waals surface area contributed by atoms with E-state index < -0.39 is 33.6 Å². The lowest BCUT2D eigenvalue weighted by atomic mass is 9.95. The fourth-order valence-corrected chi connectivity index (χ4v) is 5.09. The molecule has 3 rings (SSSR count). The molecule has 0 saturated heterocycles. The van der Waals surface area contributed by atoms with E-state index in [4.69, 9.17) is 4.74 Å². The molecule has 8 heteroatoms. The summed E-state index contributed by atoms with van der Waals surface area (Å²) in [7, 11) is -2.61. The van der Waals surface area contributed by atoms with Gasteiger partial charge in [-0.1, -0.05) is 42.0 Å². The van der Waals surface area contributed by atoms with E-state index in [1.807, 2.05) is 25.1 Å². The number of hydrogen-bond donors (Lipinski definition) is 2. The number of sulfone groups is 1. The molecule has 1 aliphatic heterocycles. The summed E-state index contributed by atoms with van der Waals surface area (Å²) in [6.45, 7) is 5.43. The minimum absolute atomic E-state index is 0.0112. The third-order valence-electron chi connectivity index (χ3n) is 4.98. The Morgan fingerprint density at radius 3 is 2.30 bits per heavy atom. The molecule has 1 aliphatic rings. The number of carbonyl (C=O) groups excluding carboxylic acids is 2. The Morgan fingerprint density at radius 1 is 1.03 bits per heavy atom. The van der Waals surface area contributed by atoms with E-state index in [0.717, 1.165) is 11.1 Å². The Kier molecular flexibility index (Phi) is 5.98. The largest absolute Gasteiger partial charge is 0.466 e. The van der Waals surface area contributed by atoms with Crippen molar-refractivity contribution in [2.45, 2.75) is 31.7 Å². The van der Waals surface area contributed by atoms with Gasteiger partial charge in [0.1, 0.15) is 0 Å². The molecule has 158 valence electrons. The highest BCUT2D eigenvalue weighted by Gasteiger charge is 2.35. The van der Waals surface area contributed by atoms with Gasteiger partial charge in [0, 0.05) is 5.70 Å². The van der Waals surface area contributed by atoms with Crippen LogP contribution >= 0.6 is 0 Å². The van der Waals surface area contributed by atoms with Crippen LogP contribution in [-0.2, 0) is 19.4 Å². The molecule has 2 aromatic carbocycles. The van der Waals surface area contributed by atoms with E-state index in [0.29, 0.717) is 11.1 Å². The molecule has 0 radical (unpaired) electrons. The zero-order valence-corrected chi connectivity index (χ0v) is 18.1. The standard InChI is InChI=1S/C22H24N2O5S/c1-13-6-9-16(10-7-13)20-19(21(25)29-4)17(23-22(26)24-20)12-30(27,28)18-11-14(2)5-8-15(18)3/h5-11,20H,12H2,1-4H3,(H2,23,24,26)/t20-/m1/s1. The lowest BCUT2D eigenvalue weighted by Crippen LogP contribution is -2.47. The Morgan fingerprint density at radius 2 is 1.67 bits per heavy atom. The first-order chi connectivity index (χ1) is 14.1. The lowest BCUT2D eigenvalue weighted by Gasteiger charge is -2.29. The summed E-state index contributed by atoms with van der Waals surface area (Å²) >= 11 is 0. The average molecular weight is 429 g/mol. The maximum atomic E-state index is 13.2. The molecule has 30 heavy (non-hydrogen) atoms.